The second-order valence-corrected chi connectivity index (χ2v) is 6.21. The first-order chi connectivity index (χ1) is 13.7. The molecule has 0 aliphatic rings. The van der Waals surface area contributed by atoms with Gasteiger partial charge in [0, 0.05) is 25.3 Å². The molecule has 2 N–H and O–H groups in total. The quantitative estimate of drug-likeness (QED) is 0.203. The van der Waals surface area contributed by atoms with Gasteiger partial charge in [-0.05, 0) is 31.0 Å². The Morgan fingerprint density at radius 2 is 1.72 bits per heavy atom. The molecule has 0 saturated heterocycles. The number of ether oxygens (including phenoxy) is 2. The second-order valence-electron chi connectivity index (χ2n) is 6.21. The fourth-order valence-electron chi connectivity index (χ4n) is 2.60. The van der Waals surface area contributed by atoms with Gasteiger partial charge in [0.2, 0.25) is 0 Å². The third kappa shape index (κ3) is 10.0. The van der Waals surface area contributed by atoms with Crippen molar-refractivity contribution in [1.82, 2.24) is 10.6 Å². The Morgan fingerprint density at radius 3 is 2.48 bits per heavy atom. The van der Waals surface area contributed by atoms with Crippen molar-refractivity contribution < 1.29 is 13.9 Å². The Bertz CT molecular complexity index is 744. The minimum atomic E-state index is -0.220. The van der Waals surface area contributed by atoms with E-state index in [1.807, 2.05) is 38.1 Å². The summed E-state index contributed by atoms with van der Waals surface area (Å²) in [7, 11) is 0. The van der Waals surface area contributed by atoms with Crippen molar-refractivity contribution in [2.75, 3.05) is 26.4 Å². The Hall–Kier alpha value is -1.71. The predicted molar refractivity (Wildman–Crippen MR) is 126 cm³/mol. The van der Waals surface area contributed by atoms with Crippen LogP contribution in [0.3, 0.4) is 0 Å². The molecule has 0 unspecified atom stereocenters. The monoisotopic (exact) mass is 515 g/mol. The van der Waals surface area contributed by atoms with Gasteiger partial charge in [0.15, 0.2) is 5.96 Å². The van der Waals surface area contributed by atoms with E-state index in [2.05, 4.69) is 21.7 Å². The molecule has 0 fully saturated rings. The van der Waals surface area contributed by atoms with Gasteiger partial charge in [-0.15, -0.1) is 24.0 Å². The van der Waals surface area contributed by atoms with Gasteiger partial charge in [-0.25, -0.2) is 9.38 Å². The van der Waals surface area contributed by atoms with E-state index in [1.165, 1.54) is 6.07 Å². The third-order valence-corrected chi connectivity index (χ3v) is 4.00. The van der Waals surface area contributed by atoms with Gasteiger partial charge in [-0.2, -0.15) is 0 Å². The van der Waals surface area contributed by atoms with Crippen LogP contribution in [-0.4, -0.2) is 32.3 Å². The summed E-state index contributed by atoms with van der Waals surface area (Å²) in [6.07, 6.45) is 0. The van der Waals surface area contributed by atoms with E-state index in [0.29, 0.717) is 51.0 Å². The first-order valence-corrected chi connectivity index (χ1v) is 9.71. The molecule has 0 radical (unpaired) electrons. The number of hydrogen-bond acceptors (Lipinski definition) is 3. The lowest BCUT2D eigenvalue weighted by Gasteiger charge is -2.12. The van der Waals surface area contributed by atoms with Gasteiger partial charge in [-0.3, -0.25) is 0 Å². The van der Waals surface area contributed by atoms with Gasteiger partial charge >= 0.3 is 0 Å². The van der Waals surface area contributed by atoms with E-state index in [0.717, 1.165) is 17.7 Å². The van der Waals surface area contributed by atoms with Crippen molar-refractivity contribution in [3.63, 3.8) is 0 Å². The molecular formula is C22H31FIN3O2. The molecule has 0 aliphatic heterocycles. The van der Waals surface area contributed by atoms with E-state index in [4.69, 9.17) is 9.47 Å². The largest absolute Gasteiger partial charge is 0.379 e. The smallest absolute Gasteiger partial charge is 0.191 e. The molecule has 0 heterocycles. The highest BCUT2D eigenvalue weighted by atomic mass is 127. The lowest BCUT2D eigenvalue weighted by Crippen LogP contribution is -2.37. The molecule has 2 aromatic rings. The maximum absolute atomic E-state index is 13.8. The van der Waals surface area contributed by atoms with Crippen molar-refractivity contribution >= 4 is 29.9 Å². The summed E-state index contributed by atoms with van der Waals surface area (Å²) < 4.78 is 24.7. The molecule has 0 aromatic heterocycles. The average molecular weight is 515 g/mol. The molecule has 2 rings (SSSR count). The zero-order valence-corrected chi connectivity index (χ0v) is 19.4. The molecule has 0 bridgehead atoms. The molecule has 0 spiro atoms. The summed E-state index contributed by atoms with van der Waals surface area (Å²) in [5.41, 5.74) is 2.81. The number of guanidine groups is 1. The maximum Gasteiger partial charge on any atom is 0.191 e. The van der Waals surface area contributed by atoms with Gasteiger partial charge < -0.3 is 20.1 Å². The summed E-state index contributed by atoms with van der Waals surface area (Å²) in [6, 6.07) is 14.9. The van der Waals surface area contributed by atoms with E-state index in [9.17, 15) is 4.39 Å². The summed E-state index contributed by atoms with van der Waals surface area (Å²) in [4.78, 5) is 4.60. The first kappa shape index (κ1) is 25.3. The molecule has 0 amide bonds. The zero-order valence-electron chi connectivity index (χ0n) is 17.1. The number of rotatable bonds is 11. The van der Waals surface area contributed by atoms with Gasteiger partial charge in [0.1, 0.15) is 5.82 Å². The highest BCUT2D eigenvalue weighted by molar-refractivity contribution is 14.0. The number of halogens is 2. The maximum atomic E-state index is 13.8. The Morgan fingerprint density at radius 1 is 0.966 bits per heavy atom. The summed E-state index contributed by atoms with van der Waals surface area (Å²) >= 11 is 0. The molecule has 5 nitrogen and oxygen atoms in total. The van der Waals surface area contributed by atoms with Crippen molar-refractivity contribution in [2.45, 2.75) is 33.5 Å². The number of nitrogens with one attached hydrogen (secondary N) is 2. The van der Waals surface area contributed by atoms with Crippen molar-refractivity contribution in [2.24, 2.45) is 4.99 Å². The van der Waals surface area contributed by atoms with Crippen LogP contribution in [0.15, 0.2) is 53.5 Å². The lowest BCUT2D eigenvalue weighted by molar-refractivity contribution is 0.0453. The van der Waals surface area contributed by atoms with Crippen molar-refractivity contribution in [3.05, 3.63) is 71.0 Å². The number of hydrogen-bond donors (Lipinski definition) is 2. The van der Waals surface area contributed by atoms with Gasteiger partial charge in [-0.1, -0.05) is 42.5 Å². The molecule has 160 valence electrons. The van der Waals surface area contributed by atoms with Crippen molar-refractivity contribution in [3.8, 4) is 0 Å². The van der Waals surface area contributed by atoms with E-state index in [-0.39, 0.29) is 29.8 Å². The molecule has 0 saturated carbocycles. The first-order valence-electron chi connectivity index (χ1n) is 9.71. The summed E-state index contributed by atoms with van der Waals surface area (Å²) in [6.45, 7) is 8.06. The molecular weight excluding hydrogens is 484 g/mol. The van der Waals surface area contributed by atoms with E-state index >= 15 is 0 Å². The van der Waals surface area contributed by atoms with Crippen LogP contribution in [0.2, 0.25) is 0 Å². The normalized spacial score (nSPS) is 11.1. The Balaban J connectivity index is 0.00000420. The molecule has 0 aliphatic carbocycles. The fourth-order valence-corrected chi connectivity index (χ4v) is 2.60. The molecule has 7 heteroatoms. The van der Waals surface area contributed by atoms with Crippen LogP contribution in [0.1, 0.15) is 30.5 Å². The van der Waals surface area contributed by atoms with Crippen LogP contribution in [0.4, 0.5) is 4.39 Å². The number of benzene rings is 2. The topological polar surface area (TPSA) is 54.9 Å². The molecule has 0 atom stereocenters. The number of aliphatic imine (C=N–C) groups is 1. The highest BCUT2D eigenvalue weighted by Gasteiger charge is 2.03. The van der Waals surface area contributed by atoms with Crippen LogP contribution in [-0.2, 0) is 29.2 Å². The predicted octanol–water partition coefficient (Wildman–Crippen LogP) is 4.25. The summed E-state index contributed by atoms with van der Waals surface area (Å²) in [5.74, 6) is 0.437. The molecule has 2 aromatic carbocycles. The Kier molecular flexibility index (Phi) is 13.3. The SMILES string of the molecule is CCNC(=NCc1cccc(COCCOCC)c1)NCc1ccccc1F.I. The van der Waals surface area contributed by atoms with Crippen LogP contribution in [0, 0.1) is 5.82 Å². The van der Waals surface area contributed by atoms with Crippen LogP contribution >= 0.6 is 24.0 Å². The fraction of sp³-hybridized carbons (Fsp3) is 0.409. The molecule has 29 heavy (non-hydrogen) atoms. The standard InChI is InChI=1S/C22H30FN3O2.HI/c1-3-24-22(26-16-20-10-5-6-11-21(20)23)25-15-18-8-7-9-19(14-18)17-28-13-12-27-4-2;/h5-11,14H,3-4,12-13,15-17H2,1-2H3,(H2,24,25,26);1H. The Labute approximate surface area is 190 Å². The van der Waals surface area contributed by atoms with E-state index in [1.54, 1.807) is 12.1 Å². The number of nitrogens with zero attached hydrogens (tertiary/aromatic N) is 1. The highest BCUT2D eigenvalue weighted by Crippen LogP contribution is 2.09. The third-order valence-electron chi connectivity index (χ3n) is 4.00. The minimum absolute atomic E-state index is 0. The van der Waals surface area contributed by atoms with Crippen LogP contribution in [0.25, 0.3) is 0 Å². The van der Waals surface area contributed by atoms with Crippen LogP contribution in [0.5, 0.6) is 0 Å². The average Bonchev–Trinajstić information content (AvgIpc) is 2.71. The lowest BCUT2D eigenvalue weighted by atomic mass is 10.1. The van der Waals surface area contributed by atoms with Crippen LogP contribution < -0.4 is 10.6 Å². The van der Waals surface area contributed by atoms with E-state index < -0.39 is 0 Å². The second kappa shape index (κ2) is 15.2. The minimum Gasteiger partial charge on any atom is -0.379 e. The van der Waals surface area contributed by atoms with Crippen molar-refractivity contribution in [1.29, 1.82) is 0 Å². The summed E-state index contributed by atoms with van der Waals surface area (Å²) in [5, 5.41) is 6.37. The zero-order chi connectivity index (χ0) is 20.0. The van der Waals surface area contributed by atoms with Gasteiger partial charge in [0.05, 0.1) is 26.4 Å². The van der Waals surface area contributed by atoms with Gasteiger partial charge in [0.25, 0.3) is 0 Å².